The molecule has 206 valence electrons. The van der Waals surface area contributed by atoms with Crippen molar-refractivity contribution < 1.29 is 32.6 Å². The number of amides is 2. The number of β-amino-alcohol motifs (C(OH)–C–C–N with tert-alkyl or cyclic N) is 1. The molecule has 3 fully saturated rings. The third-order valence-corrected chi connectivity index (χ3v) is 7.37. The lowest BCUT2D eigenvalue weighted by Gasteiger charge is -2.34. The number of aliphatic hydroxyl groups is 1. The Hall–Kier alpha value is -3.15. The average Bonchev–Trinajstić information content (AvgIpc) is 3.71. The van der Waals surface area contributed by atoms with Crippen LogP contribution in [-0.4, -0.2) is 67.9 Å². The molecule has 0 radical (unpaired) electrons. The van der Waals surface area contributed by atoms with Gasteiger partial charge in [0.15, 0.2) is 0 Å². The van der Waals surface area contributed by atoms with E-state index in [2.05, 4.69) is 20.4 Å². The van der Waals surface area contributed by atoms with Crippen molar-refractivity contribution in [1.82, 2.24) is 25.2 Å². The van der Waals surface area contributed by atoms with Crippen molar-refractivity contribution in [3.05, 3.63) is 41.7 Å². The van der Waals surface area contributed by atoms with Crippen LogP contribution in [0.25, 0.3) is 0 Å². The van der Waals surface area contributed by atoms with Gasteiger partial charge in [0.05, 0.1) is 11.8 Å². The molecule has 1 saturated heterocycles. The van der Waals surface area contributed by atoms with Crippen molar-refractivity contribution in [3.63, 3.8) is 0 Å². The van der Waals surface area contributed by atoms with Crippen molar-refractivity contribution in [1.29, 1.82) is 0 Å². The van der Waals surface area contributed by atoms with Crippen LogP contribution in [0.2, 0.25) is 0 Å². The van der Waals surface area contributed by atoms with E-state index in [1.54, 1.807) is 23.0 Å². The van der Waals surface area contributed by atoms with E-state index in [-0.39, 0.29) is 30.5 Å². The van der Waals surface area contributed by atoms with Crippen LogP contribution in [0.1, 0.15) is 75.6 Å². The Balaban J connectivity index is 1.29. The zero-order valence-corrected chi connectivity index (χ0v) is 21.5. The maximum atomic E-state index is 13.8. The number of likely N-dealkylation sites (tertiary alicyclic amines) is 1. The minimum Gasteiger partial charge on any atom is -0.405 e. The number of rotatable bonds is 7. The molecule has 5 atom stereocenters. The number of nitrogens with one attached hydrogen (secondary N) is 1. The van der Waals surface area contributed by atoms with E-state index in [0.717, 1.165) is 18.5 Å². The predicted molar refractivity (Wildman–Crippen MR) is 129 cm³/mol. The van der Waals surface area contributed by atoms with Crippen LogP contribution >= 0.6 is 0 Å². The summed E-state index contributed by atoms with van der Waals surface area (Å²) in [4.78, 5) is 28.5. The van der Waals surface area contributed by atoms with Gasteiger partial charge in [-0.25, -0.2) is 4.68 Å². The molecule has 38 heavy (non-hydrogen) atoms. The fraction of sp³-hybridized carbons (Fsp3) is 0.615. The first-order chi connectivity index (χ1) is 17.8. The minimum atomic E-state index is -4.82. The highest BCUT2D eigenvalue weighted by molar-refractivity contribution is 5.90. The maximum Gasteiger partial charge on any atom is 0.573 e. The van der Waals surface area contributed by atoms with E-state index in [1.807, 2.05) is 20.8 Å². The zero-order chi connectivity index (χ0) is 27.4. The number of alkyl halides is 3. The van der Waals surface area contributed by atoms with Crippen molar-refractivity contribution >= 4 is 11.8 Å². The van der Waals surface area contributed by atoms with Gasteiger partial charge in [-0.15, -0.1) is 18.3 Å². The first kappa shape index (κ1) is 26.5. The second-order valence-electron chi connectivity index (χ2n) is 11.6. The maximum absolute atomic E-state index is 13.8. The summed E-state index contributed by atoms with van der Waals surface area (Å²) in [5.74, 6) is -1.04. The molecule has 5 rings (SSSR count). The highest BCUT2D eigenvalue weighted by Gasteiger charge is 2.48. The molecule has 2 saturated carbocycles. The molecule has 1 aromatic carbocycles. The van der Waals surface area contributed by atoms with Crippen molar-refractivity contribution in [2.24, 2.45) is 5.41 Å². The predicted octanol–water partition coefficient (Wildman–Crippen LogP) is 3.28. The molecule has 2 amide bonds. The molecule has 0 spiro atoms. The molecule has 2 aromatic rings. The lowest BCUT2D eigenvalue weighted by Crippen LogP contribution is -2.50. The van der Waals surface area contributed by atoms with E-state index in [0.29, 0.717) is 17.9 Å². The average molecular weight is 536 g/mol. The number of aromatic nitrogens is 3. The van der Waals surface area contributed by atoms with Gasteiger partial charge in [-0.3, -0.25) is 9.59 Å². The van der Waals surface area contributed by atoms with E-state index in [9.17, 15) is 27.9 Å². The molecule has 1 aliphatic heterocycles. The van der Waals surface area contributed by atoms with Crippen LogP contribution in [0.4, 0.5) is 13.2 Å². The van der Waals surface area contributed by atoms with Gasteiger partial charge in [0.2, 0.25) is 11.8 Å². The summed E-state index contributed by atoms with van der Waals surface area (Å²) in [6.45, 7) is 5.73. The Kier molecular flexibility index (Phi) is 6.65. The number of hydrogen-bond acceptors (Lipinski definition) is 6. The lowest BCUT2D eigenvalue weighted by molar-refractivity contribution is -0.274. The highest BCUT2D eigenvalue weighted by atomic mass is 19.4. The monoisotopic (exact) mass is 535 g/mol. The first-order valence-electron chi connectivity index (χ1n) is 12.9. The number of benzene rings is 1. The van der Waals surface area contributed by atoms with Gasteiger partial charge in [0, 0.05) is 37.0 Å². The Morgan fingerprint density at radius 2 is 1.87 bits per heavy atom. The van der Waals surface area contributed by atoms with Crippen molar-refractivity contribution in [2.45, 2.75) is 88.9 Å². The van der Waals surface area contributed by atoms with Gasteiger partial charge >= 0.3 is 6.36 Å². The quantitative estimate of drug-likeness (QED) is 0.563. The van der Waals surface area contributed by atoms with Crippen LogP contribution in [0.3, 0.4) is 0 Å². The largest absolute Gasteiger partial charge is 0.573 e. The molecule has 3 aliphatic rings. The first-order valence-corrected chi connectivity index (χ1v) is 12.9. The van der Waals surface area contributed by atoms with Crippen LogP contribution < -0.4 is 10.1 Å². The van der Waals surface area contributed by atoms with Crippen LogP contribution in [-0.2, 0) is 9.59 Å². The summed E-state index contributed by atoms with van der Waals surface area (Å²) >= 11 is 0. The SMILES string of the molecule is CC(C)(C)[C@@H](C(=O)N1C[C@H](O)C[C@H]1C(=O)N[C@@H]1C[C@H]1c1ccccc1OC(F)(F)F)n1cc(C2CC2)nn1. The molecule has 12 heteroatoms. The number of ether oxygens (including phenoxy) is 1. The molecular formula is C26H32F3N5O4. The molecular weight excluding hydrogens is 503 g/mol. The standard InChI is InChI=1S/C26H32F3N5O4/c1-25(2,3)22(34-13-19(31-32-34)14-8-9-14)24(37)33-12-15(35)10-20(33)23(36)30-18-11-17(18)16-6-4-5-7-21(16)38-26(27,28)29/h4-7,13-15,17-18,20,22,35H,8-12H2,1-3H3,(H,30,36)/t15-,17+,18-,20+,22-/m1/s1. The number of halogens is 3. The van der Waals surface area contributed by atoms with Crippen molar-refractivity contribution in [2.75, 3.05) is 6.54 Å². The third-order valence-electron chi connectivity index (χ3n) is 7.37. The summed E-state index contributed by atoms with van der Waals surface area (Å²) in [6.07, 6.45) is -1.29. The summed E-state index contributed by atoms with van der Waals surface area (Å²) in [6, 6.07) is 3.84. The number of carbonyl (C=O) groups is 2. The highest BCUT2D eigenvalue weighted by Crippen LogP contribution is 2.46. The second-order valence-corrected chi connectivity index (χ2v) is 11.6. The Labute approximate surface area is 218 Å². The zero-order valence-electron chi connectivity index (χ0n) is 21.5. The Morgan fingerprint density at radius 1 is 1.16 bits per heavy atom. The number of carbonyl (C=O) groups excluding carboxylic acids is 2. The fourth-order valence-corrected chi connectivity index (χ4v) is 5.31. The van der Waals surface area contributed by atoms with E-state index in [1.165, 1.54) is 17.0 Å². The molecule has 2 heterocycles. The summed E-state index contributed by atoms with van der Waals surface area (Å²) in [5.41, 5.74) is 0.654. The van der Waals surface area contributed by atoms with Crippen LogP contribution in [0, 0.1) is 5.41 Å². The van der Waals surface area contributed by atoms with Gasteiger partial charge in [-0.05, 0) is 36.3 Å². The number of aliphatic hydroxyl groups excluding tert-OH is 1. The summed E-state index contributed by atoms with van der Waals surface area (Å²) in [7, 11) is 0. The van der Waals surface area contributed by atoms with Gasteiger partial charge in [-0.2, -0.15) is 0 Å². The van der Waals surface area contributed by atoms with E-state index < -0.39 is 41.9 Å². The number of nitrogens with zero attached hydrogens (tertiary/aromatic N) is 4. The number of para-hydroxylation sites is 1. The van der Waals surface area contributed by atoms with Crippen LogP contribution in [0.15, 0.2) is 30.5 Å². The normalized spacial score (nSPS) is 26.2. The van der Waals surface area contributed by atoms with Gasteiger partial charge in [0.25, 0.3) is 0 Å². The van der Waals surface area contributed by atoms with E-state index in [4.69, 9.17) is 0 Å². The fourth-order valence-electron chi connectivity index (χ4n) is 5.31. The molecule has 0 bridgehead atoms. The summed E-state index contributed by atoms with van der Waals surface area (Å²) < 4.78 is 44.2. The molecule has 9 nitrogen and oxygen atoms in total. The Morgan fingerprint density at radius 3 is 2.53 bits per heavy atom. The summed E-state index contributed by atoms with van der Waals surface area (Å²) in [5, 5.41) is 21.7. The van der Waals surface area contributed by atoms with Crippen LogP contribution in [0.5, 0.6) is 5.75 Å². The second kappa shape index (κ2) is 9.55. The minimum absolute atomic E-state index is 0.00400. The van der Waals surface area contributed by atoms with Gasteiger partial charge < -0.3 is 20.1 Å². The molecule has 2 N–H and O–H groups in total. The molecule has 2 aliphatic carbocycles. The Bertz CT molecular complexity index is 1210. The number of hydrogen-bond donors (Lipinski definition) is 2. The topological polar surface area (TPSA) is 110 Å². The van der Waals surface area contributed by atoms with Crippen molar-refractivity contribution in [3.8, 4) is 5.75 Å². The smallest absolute Gasteiger partial charge is 0.405 e. The molecule has 1 aromatic heterocycles. The third kappa shape index (κ3) is 5.64. The van der Waals surface area contributed by atoms with Gasteiger partial charge in [-0.1, -0.05) is 44.2 Å². The van der Waals surface area contributed by atoms with Gasteiger partial charge in [0.1, 0.15) is 17.8 Å². The van der Waals surface area contributed by atoms with E-state index >= 15 is 0 Å². The lowest BCUT2D eigenvalue weighted by atomic mass is 9.85. The molecule has 0 unspecified atom stereocenters.